The Morgan fingerprint density at radius 1 is 0.833 bits per heavy atom. The Bertz CT molecular complexity index is 1320. The van der Waals surface area contributed by atoms with Gasteiger partial charge in [0.25, 0.3) is 0 Å². The number of likely N-dealkylation sites (tertiary alicyclic amines) is 2. The van der Waals surface area contributed by atoms with E-state index in [1.807, 2.05) is 23.1 Å². The molecule has 0 aromatic heterocycles. The fourth-order valence-corrected chi connectivity index (χ4v) is 7.43. The van der Waals surface area contributed by atoms with Gasteiger partial charge in [0.15, 0.2) is 0 Å². The quantitative estimate of drug-likeness (QED) is 0.291. The number of fused-ring (bicyclic) bond motifs is 1. The first-order valence-corrected chi connectivity index (χ1v) is 16.1. The molecule has 2 heterocycles. The van der Waals surface area contributed by atoms with Crippen molar-refractivity contribution in [2.45, 2.75) is 64.0 Å². The summed E-state index contributed by atoms with van der Waals surface area (Å²) < 4.78 is 0. The van der Waals surface area contributed by atoms with Crippen LogP contribution in [0.15, 0.2) is 84.9 Å². The van der Waals surface area contributed by atoms with E-state index in [4.69, 9.17) is 0 Å². The predicted molar refractivity (Wildman–Crippen MR) is 168 cm³/mol. The molecule has 2 fully saturated rings. The predicted octanol–water partition coefficient (Wildman–Crippen LogP) is 6.29. The van der Waals surface area contributed by atoms with Crippen LogP contribution in [0.4, 0.5) is 0 Å². The fourth-order valence-electron chi connectivity index (χ4n) is 7.43. The van der Waals surface area contributed by atoms with Gasteiger partial charge in [-0.05, 0) is 92.8 Å². The Morgan fingerprint density at radius 3 is 2.29 bits per heavy atom. The first kappa shape index (κ1) is 28.7. The molecule has 2 amide bonds. The van der Waals surface area contributed by atoms with Gasteiger partial charge >= 0.3 is 0 Å². The number of carbonyl (C=O) groups excluding carboxylic acids is 2. The zero-order valence-corrected chi connectivity index (χ0v) is 24.9. The lowest BCUT2D eigenvalue weighted by atomic mass is 9.86. The zero-order valence-electron chi connectivity index (χ0n) is 24.9. The summed E-state index contributed by atoms with van der Waals surface area (Å²) in [4.78, 5) is 33.9. The zero-order chi connectivity index (χ0) is 28.7. The van der Waals surface area contributed by atoms with E-state index < -0.39 is 0 Å². The summed E-state index contributed by atoms with van der Waals surface area (Å²) in [6, 6.07) is 29.8. The molecule has 1 aliphatic carbocycles. The molecule has 5 heteroatoms. The highest BCUT2D eigenvalue weighted by Gasteiger charge is 2.39. The normalized spacial score (nSPS) is 21.3. The largest absolute Gasteiger partial charge is 0.338 e. The summed E-state index contributed by atoms with van der Waals surface area (Å²) in [5.41, 5.74) is 5.25. The third-order valence-corrected chi connectivity index (χ3v) is 9.72. The van der Waals surface area contributed by atoms with Gasteiger partial charge in [0.1, 0.15) is 0 Å². The second kappa shape index (κ2) is 13.7. The van der Waals surface area contributed by atoms with Gasteiger partial charge in [0.05, 0.1) is 12.0 Å². The molecule has 0 N–H and O–H groups in total. The number of piperidine rings is 1. The maximum atomic E-state index is 14.2. The standard InChI is InChI=1S/C37H45N3O2/c41-36-26-33(28-39(36)27-31-13-5-2-6-14-31)37(42)40(35-18-9-16-32-15-7-8-17-34(32)35)22-10-21-38-23-19-30(20-24-38)25-29-11-3-1-4-12-29/h1-8,11-15,17,30,33,35H,9-10,16,18-28H2. The van der Waals surface area contributed by atoms with E-state index in [-0.39, 0.29) is 23.8 Å². The van der Waals surface area contributed by atoms with Crippen LogP contribution in [0.2, 0.25) is 0 Å². The van der Waals surface area contributed by atoms with Crippen LogP contribution in [0.3, 0.4) is 0 Å². The molecule has 0 saturated carbocycles. The molecular formula is C37H45N3O2. The molecule has 2 unspecified atom stereocenters. The Morgan fingerprint density at radius 2 is 1.52 bits per heavy atom. The first-order chi connectivity index (χ1) is 20.6. The van der Waals surface area contributed by atoms with Crippen molar-refractivity contribution in [3.63, 3.8) is 0 Å². The highest BCUT2D eigenvalue weighted by atomic mass is 16.2. The smallest absolute Gasteiger partial charge is 0.228 e. The lowest BCUT2D eigenvalue weighted by Crippen LogP contribution is -2.43. The van der Waals surface area contributed by atoms with Crippen molar-refractivity contribution in [3.05, 3.63) is 107 Å². The number of aryl methyl sites for hydroxylation is 1. The van der Waals surface area contributed by atoms with Crippen molar-refractivity contribution in [1.29, 1.82) is 0 Å². The summed E-state index contributed by atoms with van der Waals surface area (Å²) in [6.45, 7) is 5.17. The van der Waals surface area contributed by atoms with Gasteiger partial charge in [-0.2, -0.15) is 0 Å². The molecule has 0 bridgehead atoms. The third kappa shape index (κ3) is 6.95. The van der Waals surface area contributed by atoms with E-state index >= 15 is 0 Å². The molecule has 3 aromatic rings. The van der Waals surface area contributed by atoms with Crippen molar-refractivity contribution < 1.29 is 9.59 Å². The highest BCUT2D eigenvalue weighted by Crippen LogP contribution is 2.36. The number of hydrogen-bond acceptors (Lipinski definition) is 3. The van der Waals surface area contributed by atoms with Crippen LogP contribution in [-0.4, -0.2) is 59.2 Å². The van der Waals surface area contributed by atoms with E-state index in [0.717, 1.165) is 63.3 Å². The van der Waals surface area contributed by atoms with E-state index in [1.165, 1.54) is 36.0 Å². The minimum atomic E-state index is -0.260. The lowest BCUT2D eigenvalue weighted by molar-refractivity contribution is -0.138. The molecule has 2 saturated heterocycles. The van der Waals surface area contributed by atoms with Crippen LogP contribution in [0.25, 0.3) is 0 Å². The van der Waals surface area contributed by atoms with Gasteiger partial charge in [-0.3, -0.25) is 9.59 Å². The summed E-state index contributed by atoms with van der Waals surface area (Å²) in [6.07, 6.45) is 8.16. The lowest BCUT2D eigenvalue weighted by Gasteiger charge is -2.38. The SMILES string of the molecule is O=C1CC(C(=O)N(CCCN2CCC(Cc3ccccc3)CC2)C2CCCc3ccccc32)CN1Cc1ccccc1. The van der Waals surface area contributed by atoms with Crippen molar-refractivity contribution in [2.75, 3.05) is 32.7 Å². The minimum absolute atomic E-state index is 0.0968. The van der Waals surface area contributed by atoms with Crippen LogP contribution >= 0.6 is 0 Å². The van der Waals surface area contributed by atoms with Gasteiger partial charge < -0.3 is 14.7 Å². The molecular weight excluding hydrogens is 518 g/mol. The summed E-state index contributed by atoms with van der Waals surface area (Å²) >= 11 is 0. The van der Waals surface area contributed by atoms with Gasteiger partial charge in [-0.1, -0.05) is 84.9 Å². The Hall–Kier alpha value is -3.44. The first-order valence-electron chi connectivity index (χ1n) is 16.1. The molecule has 42 heavy (non-hydrogen) atoms. The van der Waals surface area contributed by atoms with Gasteiger partial charge in [-0.25, -0.2) is 0 Å². The fraction of sp³-hybridized carbons (Fsp3) is 0.459. The monoisotopic (exact) mass is 563 g/mol. The Labute approximate surface area is 251 Å². The van der Waals surface area contributed by atoms with Crippen molar-refractivity contribution in [3.8, 4) is 0 Å². The van der Waals surface area contributed by atoms with Crippen molar-refractivity contribution in [2.24, 2.45) is 11.8 Å². The summed E-state index contributed by atoms with van der Waals surface area (Å²) in [5.74, 6) is 0.769. The van der Waals surface area contributed by atoms with Crippen LogP contribution in [0.1, 0.15) is 66.8 Å². The maximum absolute atomic E-state index is 14.2. The molecule has 2 aliphatic heterocycles. The van der Waals surface area contributed by atoms with E-state index in [9.17, 15) is 9.59 Å². The second-order valence-corrected chi connectivity index (χ2v) is 12.6. The van der Waals surface area contributed by atoms with Crippen LogP contribution < -0.4 is 0 Å². The maximum Gasteiger partial charge on any atom is 0.228 e. The third-order valence-electron chi connectivity index (χ3n) is 9.72. The van der Waals surface area contributed by atoms with Gasteiger partial charge in [-0.15, -0.1) is 0 Å². The average Bonchev–Trinajstić information content (AvgIpc) is 3.40. The molecule has 0 spiro atoms. The van der Waals surface area contributed by atoms with Gasteiger partial charge in [0, 0.05) is 26.1 Å². The summed E-state index contributed by atoms with van der Waals surface area (Å²) in [5, 5.41) is 0. The van der Waals surface area contributed by atoms with Crippen molar-refractivity contribution >= 4 is 11.8 Å². The molecule has 0 radical (unpaired) electrons. The molecule has 6 rings (SSSR count). The van der Waals surface area contributed by atoms with E-state index in [2.05, 4.69) is 76.5 Å². The Balaban J connectivity index is 1.09. The topological polar surface area (TPSA) is 43.9 Å². The van der Waals surface area contributed by atoms with Crippen LogP contribution in [0, 0.1) is 11.8 Å². The number of amides is 2. The average molecular weight is 564 g/mol. The number of carbonyl (C=O) groups is 2. The van der Waals surface area contributed by atoms with Gasteiger partial charge in [0.2, 0.25) is 11.8 Å². The van der Waals surface area contributed by atoms with E-state index in [1.54, 1.807) is 0 Å². The van der Waals surface area contributed by atoms with Crippen molar-refractivity contribution in [1.82, 2.24) is 14.7 Å². The van der Waals surface area contributed by atoms with Crippen LogP contribution in [-0.2, 0) is 29.0 Å². The molecule has 220 valence electrons. The molecule has 2 atom stereocenters. The second-order valence-electron chi connectivity index (χ2n) is 12.6. The minimum Gasteiger partial charge on any atom is -0.338 e. The number of rotatable bonds is 10. The number of hydrogen-bond donors (Lipinski definition) is 0. The number of benzene rings is 3. The summed E-state index contributed by atoms with van der Waals surface area (Å²) in [7, 11) is 0. The Kier molecular flexibility index (Phi) is 9.34. The highest BCUT2D eigenvalue weighted by molar-refractivity contribution is 5.89. The number of nitrogens with zero attached hydrogens (tertiary/aromatic N) is 3. The van der Waals surface area contributed by atoms with Crippen LogP contribution in [0.5, 0.6) is 0 Å². The molecule has 5 nitrogen and oxygen atoms in total. The molecule has 3 aliphatic rings. The molecule has 3 aromatic carbocycles. The van der Waals surface area contributed by atoms with E-state index in [0.29, 0.717) is 19.5 Å².